The molecule has 1 heterocycles. The fourth-order valence-corrected chi connectivity index (χ4v) is 2.39. The molecular weight excluding hydrogens is 254 g/mol. The molecule has 1 atom stereocenters. The second-order valence-corrected chi connectivity index (χ2v) is 4.92. The number of aliphatic carboxylic acids is 1. The van der Waals surface area contributed by atoms with Gasteiger partial charge >= 0.3 is 5.97 Å². The van der Waals surface area contributed by atoms with Gasteiger partial charge in [0.2, 0.25) is 0 Å². The van der Waals surface area contributed by atoms with E-state index < -0.39 is 11.9 Å². The van der Waals surface area contributed by atoms with Crippen LogP contribution in [0, 0.1) is 0 Å². The maximum Gasteiger partial charge on any atom is 0.312 e. The molecule has 0 aliphatic carbocycles. The van der Waals surface area contributed by atoms with E-state index in [4.69, 9.17) is 0 Å². The summed E-state index contributed by atoms with van der Waals surface area (Å²) in [7, 11) is 0. The number of rotatable bonds is 6. The van der Waals surface area contributed by atoms with Gasteiger partial charge in [0.15, 0.2) is 0 Å². The summed E-state index contributed by atoms with van der Waals surface area (Å²) in [5, 5.41) is 19.8. The molecule has 2 N–H and O–H groups in total. The zero-order chi connectivity index (χ0) is 14.5. The molecule has 0 fully saturated rings. The number of unbranched alkanes of at least 4 members (excludes halogenated alkanes) is 1. The number of aromatic nitrogens is 1. The highest BCUT2D eigenvalue weighted by atomic mass is 16.4. The van der Waals surface area contributed by atoms with Gasteiger partial charge in [0.05, 0.1) is 23.7 Å². The molecule has 1 aromatic heterocycles. The van der Waals surface area contributed by atoms with Crippen molar-refractivity contribution in [1.82, 2.24) is 4.98 Å². The second-order valence-electron chi connectivity index (χ2n) is 4.92. The number of carboxylic acids is 1. The molecule has 1 unspecified atom stereocenters. The number of nitrogens with zero attached hydrogens (tertiary/aromatic N) is 1. The van der Waals surface area contributed by atoms with Crippen LogP contribution in [0.4, 0.5) is 0 Å². The van der Waals surface area contributed by atoms with E-state index in [0.29, 0.717) is 17.7 Å². The number of benzene rings is 1. The van der Waals surface area contributed by atoms with Crippen LogP contribution in [0.25, 0.3) is 10.9 Å². The molecule has 0 spiro atoms. The number of fused-ring (bicyclic) bond motifs is 1. The molecule has 0 aliphatic heterocycles. The van der Waals surface area contributed by atoms with Crippen molar-refractivity contribution < 1.29 is 15.0 Å². The predicted octanol–water partition coefficient (Wildman–Crippen LogP) is 3.09. The summed E-state index contributed by atoms with van der Waals surface area (Å²) in [6.07, 6.45) is 2.31. The summed E-state index contributed by atoms with van der Waals surface area (Å²) >= 11 is 0. The highest BCUT2D eigenvalue weighted by molar-refractivity contribution is 5.82. The lowest BCUT2D eigenvalue weighted by Crippen LogP contribution is -2.15. The van der Waals surface area contributed by atoms with E-state index in [1.54, 1.807) is 0 Å². The zero-order valence-corrected chi connectivity index (χ0v) is 11.5. The Morgan fingerprint density at radius 3 is 2.75 bits per heavy atom. The van der Waals surface area contributed by atoms with Crippen LogP contribution in [0.1, 0.15) is 43.4 Å². The van der Waals surface area contributed by atoms with Crippen LogP contribution in [-0.4, -0.2) is 21.2 Å². The van der Waals surface area contributed by atoms with Gasteiger partial charge in [-0.05, 0) is 18.6 Å². The van der Waals surface area contributed by atoms with Gasteiger partial charge in [-0.2, -0.15) is 0 Å². The van der Waals surface area contributed by atoms with E-state index in [2.05, 4.69) is 4.98 Å². The summed E-state index contributed by atoms with van der Waals surface area (Å²) in [5.41, 5.74) is 1.86. The highest BCUT2D eigenvalue weighted by Gasteiger charge is 2.24. The van der Waals surface area contributed by atoms with Gasteiger partial charge in [-0.25, -0.2) is 0 Å². The Balaban J connectivity index is 2.51. The zero-order valence-electron chi connectivity index (χ0n) is 11.5. The SMILES string of the molecule is CCCCC(C(=O)O)c1nc2ccccc2cc1CO. The number of carboxylic acid groups (broad SMARTS) is 1. The molecule has 2 aromatic rings. The van der Waals surface area contributed by atoms with Crippen LogP contribution in [0.2, 0.25) is 0 Å². The molecule has 0 aliphatic rings. The summed E-state index contributed by atoms with van der Waals surface area (Å²) in [6, 6.07) is 9.38. The predicted molar refractivity (Wildman–Crippen MR) is 77.6 cm³/mol. The number of aliphatic hydroxyl groups is 1. The second kappa shape index (κ2) is 6.48. The molecule has 0 saturated carbocycles. The maximum absolute atomic E-state index is 11.5. The van der Waals surface area contributed by atoms with Gasteiger partial charge in [0.25, 0.3) is 0 Å². The highest BCUT2D eigenvalue weighted by Crippen LogP contribution is 2.27. The van der Waals surface area contributed by atoms with Crippen LogP contribution in [0.3, 0.4) is 0 Å². The minimum Gasteiger partial charge on any atom is -0.481 e. The Kier molecular flexibility index (Phi) is 4.69. The smallest absolute Gasteiger partial charge is 0.312 e. The summed E-state index contributed by atoms with van der Waals surface area (Å²) in [4.78, 5) is 16.0. The molecule has 4 nitrogen and oxygen atoms in total. The van der Waals surface area contributed by atoms with E-state index in [-0.39, 0.29) is 6.61 Å². The van der Waals surface area contributed by atoms with Gasteiger partial charge in [0, 0.05) is 10.9 Å². The monoisotopic (exact) mass is 273 g/mol. The topological polar surface area (TPSA) is 70.4 Å². The van der Waals surface area contributed by atoms with Gasteiger partial charge in [0.1, 0.15) is 0 Å². The Labute approximate surface area is 118 Å². The van der Waals surface area contributed by atoms with Crippen LogP contribution in [0.15, 0.2) is 30.3 Å². The third kappa shape index (κ3) is 2.96. The Hall–Kier alpha value is -1.94. The third-order valence-corrected chi connectivity index (χ3v) is 3.48. The third-order valence-electron chi connectivity index (χ3n) is 3.48. The molecule has 2 rings (SSSR count). The molecular formula is C16H19NO3. The quantitative estimate of drug-likeness (QED) is 0.848. The summed E-state index contributed by atoms with van der Waals surface area (Å²) in [6.45, 7) is 1.84. The number of pyridine rings is 1. The van der Waals surface area contributed by atoms with Gasteiger partial charge < -0.3 is 10.2 Å². The molecule has 1 aromatic carbocycles. The van der Waals surface area contributed by atoms with Crippen LogP contribution in [0.5, 0.6) is 0 Å². The first kappa shape index (κ1) is 14.5. The maximum atomic E-state index is 11.5. The summed E-state index contributed by atoms with van der Waals surface area (Å²) < 4.78 is 0. The van der Waals surface area contributed by atoms with Gasteiger partial charge in [-0.15, -0.1) is 0 Å². The van der Waals surface area contributed by atoms with Crippen molar-refractivity contribution >= 4 is 16.9 Å². The molecule has 0 radical (unpaired) electrons. The Morgan fingerprint density at radius 1 is 1.35 bits per heavy atom. The van der Waals surface area contributed by atoms with Crippen molar-refractivity contribution in [3.63, 3.8) is 0 Å². The van der Waals surface area contributed by atoms with Crippen molar-refractivity contribution in [1.29, 1.82) is 0 Å². The van der Waals surface area contributed by atoms with E-state index in [1.807, 2.05) is 37.3 Å². The average molecular weight is 273 g/mol. The number of aliphatic hydroxyl groups excluding tert-OH is 1. The van der Waals surface area contributed by atoms with Crippen LogP contribution < -0.4 is 0 Å². The van der Waals surface area contributed by atoms with Crippen LogP contribution in [-0.2, 0) is 11.4 Å². The Morgan fingerprint density at radius 2 is 2.10 bits per heavy atom. The fraction of sp³-hybridized carbons (Fsp3) is 0.375. The first-order valence-corrected chi connectivity index (χ1v) is 6.89. The van der Waals surface area contributed by atoms with Gasteiger partial charge in [-0.1, -0.05) is 38.0 Å². The Bertz CT molecular complexity index is 610. The van der Waals surface area contributed by atoms with Crippen LogP contribution >= 0.6 is 0 Å². The van der Waals surface area contributed by atoms with Crippen molar-refractivity contribution in [2.24, 2.45) is 0 Å². The van der Waals surface area contributed by atoms with Gasteiger partial charge in [-0.3, -0.25) is 9.78 Å². The minimum absolute atomic E-state index is 0.191. The van der Waals surface area contributed by atoms with E-state index in [0.717, 1.165) is 23.7 Å². The van der Waals surface area contributed by atoms with Crippen molar-refractivity contribution in [2.75, 3.05) is 0 Å². The fourth-order valence-electron chi connectivity index (χ4n) is 2.39. The molecule has 0 amide bonds. The lowest BCUT2D eigenvalue weighted by atomic mass is 9.94. The van der Waals surface area contributed by atoms with Crippen molar-refractivity contribution in [3.05, 3.63) is 41.6 Å². The molecule has 106 valence electrons. The largest absolute Gasteiger partial charge is 0.481 e. The number of hydrogen-bond donors (Lipinski definition) is 2. The lowest BCUT2D eigenvalue weighted by molar-refractivity contribution is -0.139. The van der Waals surface area contributed by atoms with E-state index in [9.17, 15) is 15.0 Å². The number of hydrogen-bond acceptors (Lipinski definition) is 3. The number of para-hydroxylation sites is 1. The van der Waals surface area contributed by atoms with Crippen molar-refractivity contribution in [3.8, 4) is 0 Å². The molecule has 4 heteroatoms. The lowest BCUT2D eigenvalue weighted by Gasteiger charge is -2.15. The first-order chi connectivity index (χ1) is 9.67. The number of carbonyl (C=O) groups is 1. The van der Waals surface area contributed by atoms with E-state index in [1.165, 1.54) is 0 Å². The van der Waals surface area contributed by atoms with E-state index >= 15 is 0 Å². The summed E-state index contributed by atoms with van der Waals surface area (Å²) in [5.74, 6) is -1.53. The standard InChI is InChI=1S/C16H19NO3/c1-2-3-7-13(16(19)20)15-12(10-18)9-11-6-4-5-8-14(11)17-15/h4-6,8-9,13,18H,2-3,7,10H2,1H3,(H,19,20). The molecule has 20 heavy (non-hydrogen) atoms. The average Bonchev–Trinajstić information content (AvgIpc) is 2.46. The van der Waals surface area contributed by atoms with Crippen molar-refractivity contribution in [2.45, 2.75) is 38.7 Å². The molecule has 0 saturated heterocycles. The first-order valence-electron chi connectivity index (χ1n) is 6.89. The minimum atomic E-state index is -0.879. The molecule has 0 bridgehead atoms. The normalized spacial score (nSPS) is 12.5.